The Hall–Kier alpha value is -3.58. The van der Waals surface area contributed by atoms with Crippen molar-refractivity contribution < 1.29 is 13.9 Å². The fraction of sp³-hybridized carbons (Fsp3) is 0.217. The number of aldehydes is 1. The second-order valence-electron chi connectivity index (χ2n) is 7.25. The number of benzene rings is 2. The van der Waals surface area contributed by atoms with Crippen LogP contribution in [0.1, 0.15) is 21.9 Å². The van der Waals surface area contributed by atoms with Crippen molar-refractivity contribution in [3.63, 3.8) is 0 Å². The Morgan fingerprint density at radius 2 is 1.83 bits per heavy atom. The van der Waals surface area contributed by atoms with Gasteiger partial charge in [-0.25, -0.2) is 4.99 Å². The van der Waals surface area contributed by atoms with Crippen LogP contribution in [0.4, 0.5) is 17.1 Å². The molecule has 1 fully saturated rings. The number of aliphatic imine (C=N–C) groups is 1. The van der Waals surface area contributed by atoms with Crippen LogP contribution in [0, 0.1) is 0 Å². The predicted octanol–water partition coefficient (Wildman–Crippen LogP) is 3.70. The highest BCUT2D eigenvalue weighted by molar-refractivity contribution is 5.83. The molecule has 1 saturated heterocycles. The maximum absolute atomic E-state index is 11.2. The first-order valence-electron chi connectivity index (χ1n) is 9.95. The van der Waals surface area contributed by atoms with Gasteiger partial charge in [-0.05, 0) is 42.5 Å². The standard InChI is InChI=1S/C23H22N4O3/c28-15-19-9-10-22(30-19)23(20-3-1-2-4-21(20)24-16-25-23)26-17-5-7-18(8-6-17)27-11-13-29-14-12-27/h1-10,15-16,26H,11-14H2,(H,24,25). The molecule has 2 aromatic carbocycles. The summed E-state index contributed by atoms with van der Waals surface area (Å²) in [5, 5.41) is 6.73. The topological polar surface area (TPSA) is 79.1 Å². The van der Waals surface area contributed by atoms with Crippen LogP contribution in [-0.4, -0.2) is 38.9 Å². The van der Waals surface area contributed by atoms with Gasteiger partial charge in [-0.15, -0.1) is 0 Å². The van der Waals surface area contributed by atoms with E-state index >= 15 is 0 Å². The fourth-order valence-electron chi connectivity index (χ4n) is 3.95. The first-order chi connectivity index (χ1) is 14.8. The van der Waals surface area contributed by atoms with Crippen LogP contribution in [0.5, 0.6) is 0 Å². The number of furan rings is 1. The van der Waals surface area contributed by atoms with Crippen molar-refractivity contribution in [2.24, 2.45) is 4.99 Å². The lowest BCUT2D eigenvalue weighted by Crippen LogP contribution is -2.38. The summed E-state index contributed by atoms with van der Waals surface area (Å²) in [6, 6.07) is 19.6. The van der Waals surface area contributed by atoms with E-state index in [1.54, 1.807) is 18.5 Å². The van der Waals surface area contributed by atoms with Crippen molar-refractivity contribution >= 4 is 29.7 Å². The van der Waals surface area contributed by atoms with Crippen molar-refractivity contribution in [3.05, 3.63) is 77.7 Å². The van der Waals surface area contributed by atoms with E-state index in [-0.39, 0.29) is 5.76 Å². The number of carbonyl (C=O) groups excluding carboxylic acids is 1. The van der Waals surface area contributed by atoms with Gasteiger partial charge >= 0.3 is 0 Å². The van der Waals surface area contributed by atoms with E-state index in [1.807, 2.05) is 36.4 Å². The minimum atomic E-state index is -0.983. The van der Waals surface area contributed by atoms with Gasteiger partial charge in [-0.3, -0.25) is 4.79 Å². The number of hydrogen-bond donors (Lipinski definition) is 2. The second-order valence-corrected chi connectivity index (χ2v) is 7.25. The number of anilines is 3. The van der Waals surface area contributed by atoms with E-state index in [1.165, 1.54) is 0 Å². The highest BCUT2D eigenvalue weighted by atomic mass is 16.5. The van der Waals surface area contributed by atoms with E-state index in [0.717, 1.165) is 48.9 Å². The first kappa shape index (κ1) is 18.4. The monoisotopic (exact) mass is 402 g/mol. The molecule has 0 spiro atoms. The van der Waals surface area contributed by atoms with Crippen LogP contribution < -0.4 is 15.5 Å². The number of carbonyl (C=O) groups is 1. The van der Waals surface area contributed by atoms with E-state index < -0.39 is 5.66 Å². The SMILES string of the molecule is O=Cc1ccc(C2(Nc3ccc(N4CCOCC4)cc3)N=CNc3ccccc32)o1. The molecular formula is C23H22N4O3. The summed E-state index contributed by atoms with van der Waals surface area (Å²) in [7, 11) is 0. The van der Waals surface area contributed by atoms with E-state index in [0.29, 0.717) is 12.0 Å². The molecule has 2 aliphatic rings. The number of nitrogens with one attached hydrogen (secondary N) is 2. The molecule has 0 amide bonds. The molecule has 30 heavy (non-hydrogen) atoms. The Bertz CT molecular complexity index is 1070. The molecule has 1 atom stereocenters. The largest absolute Gasteiger partial charge is 0.453 e. The minimum absolute atomic E-state index is 0.264. The van der Waals surface area contributed by atoms with Crippen molar-refractivity contribution in [1.29, 1.82) is 0 Å². The fourth-order valence-corrected chi connectivity index (χ4v) is 3.95. The Labute approximate surface area is 174 Å². The highest BCUT2D eigenvalue weighted by Gasteiger charge is 2.40. The summed E-state index contributed by atoms with van der Waals surface area (Å²) >= 11 is 0. The Morgan fingerprint density at radius 3 is 2.60 bits per heavy atom. The van der Waals surface area contributed by atoms with E-state index in [4.69, 9.17) is 14.1 Å². The molecule has 7 nitrogen and oxygen atoms in total. The maximum atomic E-state index is 11.2. The zero-order valence-electron chi connectivity index (χ0n) is 16.4. The normalized spacial score (nSPS) is 20.3. The molecule has 3 aromatic rings. The van der Waals surface area contributed by atoms with Crippen LogP contribution >= 0.6 is 0 Å². The summed E-state index contributed by atoms with van der Waals surface area (Å²) in [5.41, 5.74) is 2.91. The molecule has 152 valence electrons. The summed E-state index contributed by atoms with van der Waals surface area (Å²) in [6.45, 7) is 3.28. The minimum Gasteiger partial charge on any atom is -0.453 e. The lowest BCUT2D eigenvalue weighted by molar-refractivity contribution is 0.109. The molecule has 2 aliphatic heterocycles. The summed E-state index contributed by atoms with van der Waals surface area (Å²) in [5.74, 6) is 0.812. The molecule has 0 saturated carbocycles. The third kappa shape index (κ3) is 3.23. The average molecular weight is 402 g/mol. The third-order valence-electron chi connectivity index (χ3n) is 5.46. The smallest absolute Gasteiger partial charge is 0.218 e. The number of hydrogen-bond acceptors (Lipinski definition) is 7. The van der Waals surface area contributed by atoms with Crippen LogP contribution in [0.25, 0.3) is 0 Å². The number of rotatable bonds is 5. The molecule has 1 aromatic heterocycles. The number of morpholine rings is 1. The number of fused-ring (bicyclic) bond motifs is 1. The molecule has 0 aliphatic carbocycles. The zero-order valence-corrected chi connectivity index (χ0v) is 16.4. The lowest BCUT2D eigenvalue weighted by Gasteiger charge is -2.35. The van der Waals surface area contributed by atoms with Crippen LogP contribution in [0.15, 0.2) is 70.1 Å². The zero-order chi connectivity index (χ0) is 20.4. The summed E-state index contributed by atoms with van der Waals surface area (Å²) in [6.07, 6.45) is 2.35. The van der Waals surface area contributed by atoms with Crippen molar-refractivity contribution in [1.82, 2.24) is 0 Å². The van der Waals surface area contributed by atoms with Crippen LogP contribution in [-0.2, 0) is 10.4 Å². The Kier molecular flexibility index (Phi) is 4.72. The van der Waals surface area contributed by atoms with Crippen LogP contribution in [0.2, 0.25) is 0 Å². The molecular weight excluding hydrogens is 380 g/mol. The number of nitrogens with zero attached hydrogens (tertiary/aromatic N) is 2. The van der Waals surface area contributed by atoms with E-state index in [9.17, 15) is 4.79 Å². The van der Waals surface area contributed by atoms with Crippen molar-refractivity contribution in [2.75, 3.05) is 41.8 Å². The van der Waals surface area contributed by atoms with Gasteiger partial charge in [0.2, 0.25) is 5.66 Å². The first-order valence-corrected chi connectivity index (χ1v) is 9.95. The number of para-hydroxylation sites is 1. The Morgan fingerprint density at radius 1 is 1.03 bits per heavy atom. The summed E-state index contributed by atoms with van der Waals surface area (Å²) in [4.78, 5) is 18.3. The molecule has 2 N–H and O–H groups in total. The van der Waals surface area contributed by atoms with Gasteiger partial charge in [-0.2, -0.15) is 0 Å². The quantitative estimate of drug-likeness (QED) is 0.634. The molecule has 5 rings (SSSR count). The molecule has 1 unspecified atom stereocenters. The Balaban J connectivity index is 1.52. The maximum Gasteiger partial charge on any atom is 0.218 e. The molecule has 0 radical (unpaired) electrons. The van der Waals surface area contributed by atoms with Gasteiger partial charge in [-0.1, -0.05) is 18.2 Å². The van der Waals surface area contributed by atoms with Gasteiger partial charge in [0.05, 0.1) is 19.6 Å². The second kappa shape index (κ2) is 7.68. The van der Waals surface area contributed by atoms with Gasteiger partial charge in [0.1, 0.15) is 0 Å². The van der Waals surface area contributed by atoms with E-state index in [2.05, 4.69) is 27.7 Å². The van der Waals surface area contributed by atoms with Gasteiger partial charge in [0.25, 0.3) is 0 Å². The molecule has 7 heteroatoms. The third-order valence-corrected chi connectivity index (χ3v) is 5.46. The highest BCUT2D eigenvalue weighted by Crippen LogP contribution is 2.41. The summed E-state index contributed by atoms with van der Waals surface area (Å²) < 4.78 is 11.3. The average Bonchev–Trinajstić information content (AvgIpc) is 3.30. The van der Waals surface area contributed by atoms with Crippen molar-refractivity contribution in [3.8, 4) is 0 Å². The van der Waals surface area contributed by atoms with Gasteiger partial charge < -0.3 is 24.7 Å². The number of ether oxygens (including phenoxy) is 1. The molecule has 0 bridgehead atoms. The lowest BCUT2D eigenvalue weighted by atomic mass is 9.93. The van der Waals surface area contributed by atoms with Crippen LogP contribution in [0.3, 0.4) is 0 Å². The predicted molar refractivity (Wildman–Crippen MR) is 117 cm³/mol. The van der Waals surface area contributed by atoms with Gasteiger partial charge in [0.15, 0.2) is 17.8 Å². The molecule has 3 heterocycles. The van der Waals surface area contributed by atoms with Gasteiger partial charge in [0, 0.05) is 35.7 Å². The van der Waals surface area contributed by atoms with Crippen molar-refractivity contribution in [2.45, 2.75) is 5.66 Å².